The fourth-order valence-electron chi connectivity index (χ4n) is 3.03. The summed E-state index contributed by atoms with van der Waals surface area (Å²) >= 11 is 2.02. The Bertz CT molecular complexity index is 402. The highest BCUT2D eigenvalue weighted by Gasteiger charge is 2.22. The van der Waals surface area contributed by atoms with Gasteiger partial charge in [0.2, 0.25) is 0 Å². The first-order valence-electron chi connectivity index (χ1n) is 7.75. The van der Waals surface area contributed by atoms with Gasteiger partial charge in [-0.15, -0.1) is 0 Å². The lowest BCUT2D eigenvalue weighted by atomic mass is 9.93. The van der Waals surface area contributed by atoms with E-state index < -0.39 is 0 Å². The van der Waals surface area contributed by atoms with Gasteiger partial charge in [-0.25, -0.2) is 0 Å². The molecule has 1 unspecified atom stereocenters. The SMILES string of the molecule is CCOc1ccccc1C(C)NC1CCC(SC)CC1. The minimum Gasteiger partial charge on any atom is -0.494 e. The molecule has 3 heteroatoms. The summed E-state index contributed by atoms with van der Waals surface area (Å²) in [5.41, 5.74) is 1.28. The van der Waals surface area contributed by atoms with Crippen LogP contribution in [0.4, 0.5) is 0 Å². The van der Waals surface area contributed by atoms with Gasteiger partial charge in [-0.3, -0.25) is 0 Å². The van der Waals surface area contributed by atoms with E-state index in [1.54, 1.807) is 0 Å². The van der Waals surface area contributed by atoms with Crippen molar-refractivity contribution in [1.29, 1.82) is 0 Å². The molecule has 1 atom stereocenters. The van der Waals surface area contributed by atoms with E-state index in [1.165, 1.54) is 31.2 Å². The molecule has 20 heavy (non-hydrogen) atoms. The molecule has 2 rings (SSSR count). The molecule has 1 fully saturated rings. The van der Waals surface area contributed by atoms with Crippen LogP contribution in [0.5, 0.6) is 5.75 Å². The molecule has 1 aromatic carbocycles. The van der Waals surface area contributed by atoms with E-state index in [0.717, 1.165) is 17.6 Å². The number of thioether (sulfide) groups is 1. The number of ether oxygens (including phenoxy) is 1. The van der Waals surface area contributed by atoms with Crippen LogP contribution < -0.4 is 10.1 Å². The number of benzene rings is 1. The molecule has 0 bridgehead atoms. The standard InChI is InChI=1S/C17H27NOS/c1-4-19-17-8-6-5-7-16(17)13(2)18-14-9-11-15(20-3)12-10-14/h5-8,13-15,18H,4,9-12H2,1-3H3. The first kappa shape index (κ1) is 15.7. The average molecular weight is 293 g/mol. The quantitative estimate of drug-likeness (QED) is 0.839. The second-order valence-corrected chi connectivity index (χ2v) is 6.71. The van der Waals surface area contributed by atoms with Crippen LogP contribution in [0.25, 0.3) is 0 Å². The lowest BCUT2D eigenvalue weighted by Gasteiger charge is -2.31. The molecule has 0 aromatic heterocycles. The van der Waals surface area contributed by atoms with Gasteiger partial charge in [0.25, 0.3) is 0 Å². The van der Waals surface area contributed by atoms with E-state index in [9.17, 15) is 0 Å². The summed E-state index contributed by atoms with van der Waals surface area (Å²) in [6.45, 7) is 5.01. The van der Waals surface area contributed by atoms with Crippen molar-refractivity contribution in [3.8, 4) is 5.75 Å². The normalized spacial score (nSPS) is 24.4. The van der Waals surface area contributed by atoms with E-state index in [0.29, 0.717) is 12.1 Å². The van der Waals surface area contributed by atoms with Gasteiger partial charge in [-0.05, 0) is 51.9 Å². The molecule has 1 aromatic rings. The number of para-hydroxylation sites is 1. The molecule has 0 aliphatic heterocycles. The summed E-state index contributed by atoms with van der Waals surface area (Å²) in [7, 11) is 0. The predicted molar refractivity (Wildman–Crippen MR) is 88.7 cm³/mol. The molecule has 1 aliphatic carbocycles. The second-order valence-electron chi connectivity index (χ2n) is 5.57. The van der Waals surface area contributed by atoms with Crippen molar-refractivity contribution in [3.63, 3.8) is 0 Å². The highest BCUT2D eigenvalue weighted by molar-refractivity contribution is 7.99. The average Bonchev–Trinajstić information content (AvgIpc) is 2.49. The largest absolute Gasteiger partial charge is 0.494 e. The fourth-order valence-corrected chi connectivity index (χ4v) is 3.78. The molecule has 0 amide bonds. The Kier molecular flexibility index (Phi) is 6.24. The third-order valence-corrected chi connectivity index (χ3v) is 5.32. The zero-order chi connectivity index (χ0) is 14.4. The van der Waals surface area contributed by atoms with Crippen molar-refractivity contribution in [2.24, 2.45) is 0 Å². The lowest BCUT2D eigenvalue weighted by Crippen LogP contribution is -2.35. The molecule has 112 valence electrons. The molecule has 0 spiro atoms. The Hall–Kier alpha value is -0.670. The molecule has 1 saturated carbocycles. The zero-order valence-corrected chi connectivity index (χ0v) is 13.7. The maximum atomic E-state index is 5.74. The molecule has 2 nitrogen and oxygen atoms in total. The van der Waals surface area contributed by atoms with Crippen LogP contribution in [0.3, 0.4) is 0 Å². The van der Waals surface area contributed by atoms with Gasteiger partial charge < -0.3 is 10.1 Å². The summed E-state index contributed by atoms with van der Waals surface area (Å²) in [6.07, 6.45) is 7.52. The molecule has 0 radical (unpaired) electrons. The van der Waals surface area contributed by atoms with Crippen molar-refractivity contribution < 1.29 is 4.74 Å². The molecular weight excluding hydrogens is 266 g/mol. The summed E-state index contributed by atoms with van der Waals surface area (Å²) in [4.78, 5) is 0. The Morgan fingerprint density at radius 3 is 2.60 bits per heavy atom. The number of hydrogen-bond donors (Lipinski definition) is 1. The van der Waals surface area contributed by atoms with Gasteiger partial charge in [0.15, 0.2) is 0 Å². The Morgan fingerprint density at radius 2 is 1.95 bits per heavy atom. The van der Waals surface area contributed by atoms with E-state index in [1.807, 2.05) is 24.8 Å². The topological polar surface area (TPSA) is 21.3 Å². The van der Waals surface area contributed by atoms with Gasteiger partial charge in [0.1, 0.15) is 5.75 Å². The minimum absolute atomic E-state index is 0.355. The second kappa shape index (κ2) is 7.94. The van der Waals surface area contributed by atoms with Crippen molar-refractivity contribution >= 4 is 11.8 Å². The van der Waals surface area contributed by atoms with Crippen molar-refractivity contribution in [1.82, 2.24) is 5.32 Å². The maximum absolute atomic E-state index is 5.74. The highest BCUT2D eigenvalue weighted by atomic mass is 32.2. The Labute approximate surface area is 127 Å². The lowest BCUT2D eigenvalue weighted by molar-refractivity contribution is 0.320. The monoisotopic (exact) mass is 293 g/mol. The summed E-state index contributed by atoms with van der Waals surface area (Å²) in [6, 6.07) is 9.40. The van der Waals surface area contributed by atoms with Crippen LogP contribution in [-0.4, -0.2) is 24.2 Å². The van der Waals surface area contributed by atoms with Gasteiger partial charge in [0.05, 0.1) is 6.61 Å². The van der Waals surface area contributed by atoms with Crippen molar-refractivity contribution in [2.75, 3.05) is 12.9 Å². The van der Waals surface area contributed by atoms with Crippen LogP contribution in [-0.2, 0) is 0 Å². The van der Waals surface area contributed by atoms with Gasteiger partial charge in [-0.2, -0.15) is 11.8 Å². The van der Waals surface area contributed by atoms with Crippen molar-refractivity contribution in [3.05, 3.63) is 29.8 Å². The minimum atomic E-state index is 0.355. The first-order valence-corrected chi connectivity index (χ1v) is 9.04. The number of hydrogen-bond acceptors (Lipinski definition) is 3. The number of nitrogens with one attached hydrogen (secondary N) is 1. The smallest absolute Gasteiger partial charge is 0.124 e. The molecule has 1 aliphatic rings. The van der Waals surface area contributed by atoms with E-state index in [4.69, 9.17) is 4.74 Å². The van der Waals surface area contributed by atoms with Crippen LogP contribution in [0.15, 0.2) is 24.3 Å². The third-order valence-electron chi connectivity index (χ3n) is 4.18. The molecule has 0 saturated heterocycles. The van der Waals surface area contributed by atoms with Crippen LogP contribution in [0.1, 0.15) is 51.1 Å². The summed E-state index contributed by atoms with van der Waals surface area (Å²) in [5.74, 6) is 1.02. The zero-order valence-electron chi connectivity index (χ0n) is 12.9. The van der Waals surface area contributed by atoms with Gasteiger partial charge in [0, 0.05) is 22.9 Å². The molecular formula is C17H27NOS. The first-order chi connectivity index (χ1) is 9.74. The van der Waals surface area contributed by atoms with Gasteiger partial charge >= 0.3 is 0 Å². The van der Waals surface area contributed by atoms with Crippen LogP contribution >= 0.6 is 11.8 Å². The Morgan fingerprint density at radius 1 is 1.25 bits per heavy atom. The van der Waals surface area contributed by atoms with E-state index in [-0.39, 0.29) is 0 Å². The van der Waals surface area contributed by atoms with Gasteiger partial charge in [-0.1, -0.05) is 18.2 Å². The molecule has 1 N–H and O–H groups in total. The molecule has 0 heterocycles. The predicted octanol–water partition coefficient (Wildman–Crippen LogP) is 4.41. The highest BCUT2D eigenvalue weighted by Crippen LogP contribution is 2.30. The summed E-state index contributed by atoms with van der Waals surface area (Å²) in [5, 5.41) is 4.66. The summed E-state index contributed by atoms with van der Waals surface area (Å²) < 4.78 is 5.74. The van der Waals surface area contributed by atoms with Crippen LogP contribution in [0, 0.1) is 0 Å². The third kappa shape index (κ3) is 4.16. The van der Waals surface area contributed by atoms with E-state index in [2.05, 4.69) is 36.7 Å². The van der Waals surface area contributed by atoms with Crippen molar-refractivity contribution in [2.45, 2.75) is 56.9 Å². The van der Waals surface area contributed by atoms with Crippen LogP contribution in [0.2, 0.25) is 0 Å². The number of rotatable bonds is 6. The van der Waals surface area contributed by atoms with E-state index >= 15 is 0 Å². The maximum Gasteiger partial charge on any atom is 0.124 e. The Balaban J connectivity index is 1.93. The fraction of sp³-hybridized carbons (Fsp3) is 0.647.